The van der Waals surface area contributed by atoms with Crippen LogP contribution in [0.25, 0.3) is 0 Å². The quantitative estimate of drug-likeness (QED) is 0.231. The number of likely N-dealkylation sites (tertiary alicyclic amines) is 2. The van der Waals surface area contributed by atoms with Gasteiger partial charge in [-0.3, -0.25) is 14.8 Å². The largest absolute Gasteiger partial charge is 0.292 e. The van der Waals surface area contributed by atoms with Crippen molar-refractivity contribution in [1.29, 1.82) is 0 Å². The van der Waals surface area contributed by atoms with Crippen molar-refractivity contribution in [3.8, 4) is 0 Å². The third-order valence-corrected chi connectivity index (χ3v) is 9.36. The molecule has 0 amide bonds. The van der Waals surface area contributed by atoms with E-state index in [0.29, 0.717) is 12.1 Å². The molecule has 0 bridgehead atoms. The van der Waals surface area contributed by atoms with Crippen LogP contribution in [0.1, 0.15) is 87.0 Å². The first-order valence-corrected chi connectivity index (χ1v) is 16.6. The molecule has 0 aliphatic carbocycles. The number of thiophene rings is 1. The maximum Gasteiger partial charge on any atom is 0.0696 e. The lowest BCUT2D eigenvalue weighted by atomic mass is 9.92. The van der Waals surface area contributed by atoms with Crippen LogP contribution < -0.4 is 0 Å². The van der Waals surface area contributed by atoms with E-state index in [1.54, 1.807) is 0 Å². The van der Waals surface area contributed by atoms with Gasteiger partial charge in [-0.15, -0.1) is 11.3 Å². The summed E-state index contributed by atoms with van der Waals surface area (Å²) >= 11 is 1.88. The first-order valence-electron chi connectivity index (χ1n) is 15.7. The van der Waals surface area contributed by atoms with Gasteiger partial charge >= 0.3 is 0 Å². The molecule has 2 aromatic heterocycles. The van der Waals surface area contributed by atoms with Crippen LogP contribution in [-0.4, -0.2) is 41.0 Å². The first-order chi connectivity index (χ1) is 20.2. The molecule has 4 aromatic rings. The molecule has 2 atom stereocenters. The zero-order valence-corrected chi connectivity index (χ0v) is 26.3. The molecule has 41 heavy (non-hydrogen) atoms. The second-order valence-electron chi connectivity index (χ2n) is 11.4. The molecular weight excluding hydrogens is 518 g/mol. The molecule has 0 radical (unpaired) electrons. The van der Waals surface area contributed by atoms with Gasteiger partial charge < -0.3 is 0 Å². The summed E-state index contributed by atoms with van der Waals surface area (Å²) in [5, 5.41) is 2.19. The van der Waals surface area contributed by atoms with Crippen LogP contribution >= 0.6 is 11.3 Å². The average molecular weight is 568 g/mol. The number of hydrogen-bond acceptors (Lipinski definition) is 4. The van der Waals surface area contributed by atoms with Crippen molar-refractivity contribution in [3.05, 3.63) is 124 Å². The van der Waals surface area contributed by atoms with Gasteiger partial charge in [0, 0.05) is 17.3 Å². The van der Waals surface area contributed by atoms with Gasteiger partial charge in [0.1, 0.15) is 0 Å². The van der Waals surface area contributed by atoms with Crippen molar-refractivity contribution in [3.63, 3.8) is 0 Å². The third kappa shape index (κ3) is 8.85. The van der Waals surface area contributed by atoms with Crippen molar-refractivity contribution >= 4 is 11.3 Å². The highest BCUT2D eigenvalue weighted by Crippen LogP contribution is 2.35. The monoisotopic (exact) mass is 567 g/mol. The summed E-state index contributed by atoms with van der Waals surface area (Å²) in [6, 6.07) is 31.3. The van der Waals surface area contributed by atoms with Gasteiger partial charge in [-0.05, 0) is 104 Å². The Bertz CT molecular complexity index is 1160. The smallest absolute Gasteiger partial charge is 0.0696 e. The Balaban J connectivity index is 0.000000178. The molecule has 218 valence electrons. The summed E-state index contributed by atoms with van der Waals surface area (Å²) in [6.45, 7) is 13.5. The van der Waals surface area contributed by atoms with E-state index in [-0.39, 0.29) is 0 Å². The predicted octanol–water partition coefficient (Wildman–Crippen LogP) is 9.50. The Kier molecular flexibility index (Phi) is 12.6. The van der Waals surface area contributed by atoms with Crippen molar-refractivity contribution in [2.45, 2.75) is 65.5 Å². The molecule has 2 fully saturated rings. The van der Waals surface area contributed by atoms with E-state index in [1.165, 1.54) is 73.4 Å². The van der Waals surface area contributed by atoms with E-state index >= 15 is 0 Å². The molecule has 0 saturated carbocycles. The second-order valence-corrected chi connectivity index (χ2v) is 12.3. The number of benzene rings is 2. The molecule has 2 aromatic carbocycles. The van der Waals surface area contributed by atoms with Crippen LogP contribution in [0.3, 0.4) is 0 Å². The number of pyridine rings is 1. The Morgan fingerprint density at radius 1 is 0.585 bits per heavy atom. The van der Waals surface area contributed by atoms with Crippen molar-refractivity contribution < 1.29 is 0 Å². The molecule has 0 N–H and O–H groups in total. The zero-order valence-electron chi connectivity index (χ0n) is 25.5. The Morgan fingerprint density at radius 3 is 1.49 bits per heavy atom. The highest BCUT2D eigenvalue weighted by atomic mass is 32.1. The van der Waals surface area contributed by atoms with Gasteiger partial charge in [0.15, 0.2) is 0 Å². The molecule has 3 nitrogen and oxygen atoms in total. The SMILES string of the molecule is CC.CC1CCN(C(c2ccccc2)c2cccs2)CC1.CC1CCN(C(c2ccccc2)c2ccncc2)CC1. The molecule has 2 aliphatic rings. The highest BCUT2D eigenvalue weighted by Gasteiger charge is 2.27. The Morgan fingerprint density at radius 2 is 1.02 bits per heavy atom. The first kappa shape index (κ1) is 31.2. The highest BCUT2D eigenvalue weighted by molar-refractivity contribution is 7.10. The fourth-order valence-electron chi connectivity index (χ4n) is 6.01. The molecule has 2 saturated heterocycles. The van der Waals surface area contributed by atoms with Gasteiger partial charge in [0.2, 0.25) is 0 Å². The van der Waals surface area contributed by atoms with Crippen LogP contribution in [-0.2, 0) is 0 Å². The number of hydrogen-bond donors (Lipinski definition) is 0. The standard InChI is InChI=1S/C18H22N2.C17H21NS.C2H6/c1-15-9-13-20(14-10-15)18(16-5-3-2-4-6-16)17-7-11-19-12-8-17;1-14-9-11-18(12-10-14)17(16-8-5-13-19-16)15-6-3-2-4-7-15;1-2/h2-8,11-12,15,18H,9-10,13-14H2,1H3;2-8,13-14,17H,9-12H2,1H3;1-2H3. The number of aromatic nitrogens is 1. The van der Waals surface area contributed by atoms with E-state index in [1.807, 2.05) is 37.6 Å². The van der Waals surface area contributed by atoms with Crippen LogP contribution in [0, 0.1) is 11.8 Å². The average Bonchev–Trinajstić information content (AvgIpc) is 3.57. The molecule has 6 rings (SSSR count). The lowest BCUT2D eigenvalue weighted by Crippen LogP contribution is -2.36. The normalized spacial score (nSPS) is 18.3. The summed E-state index contributed by atoms with van der Waals surface area (Å²) in [6.07, 6.45) is 9.06. The summed E-state index contributed by atoms with van der Waals surface area (Å²) in [4.78, 5) is 10.9. The van der Waals surface area contributed by atoms with E-state index in [0.717, 1.165) is 11.8 Å². The van der Waals surface area contributed by atoms with E-state index < -0.39 is 0 Å². The lowest BCUT2D eigenvalue weighted by molar-refractivity contribution is 0.157. The molecule has 4 heterocycles. The number of nitrogens with zero attached hydrogens (tertiary/aromatic N) is 3. The second kappa shape index (κ2) is 16.6. The fraction of sp³-hybridized carbons (Fsp3) is 0.432. The van der Waals surface area contributed by atoms with E-state index in [4.69, 9.17) is 0 Å². The molecule has 2 aliphatic heterocycles. The van der Waals surface area contributed by atoms with Gasteiger partial charge in [0.05, 0.1) is 12.1 Å². The maximum atomic E-state index is 4.16. The van der Waals surface area contributed by atoms with Crippen LogP contribution in [0.4, 0.5) is 0 Å². The van der Waals surface area contributed by atoms with Crippen molar-refractivity contribution in [1.82, 2.24) is 14.8 Å². The van der Waals surface area contributed by atoms with Crippen molar-refractivity contribution in [2.24, 2.45) is 11.8 Å². The van der Waals surface area contributed by atoms with Crippen LogP contribution in [0.15, 0.2) is 103 Å². The maximum absolute atomic E-state index is 4.16. The Labute approximate surface area is 253 Å². The molecule has 4 heteroatoms. The predicted molar refractivity (Wildman–Crippen MR) is 176 cm³/mol. The number of piperidine rings is 2. The fourth-order valence-corrected chi connectivity index (χ4v) is 6.89. The zero-order chi connectivity index (χ0) is 28.9. The number of rotatable bonds is 6. The van der Waals surface area contributed by atoms with Gasteiger partial charge in [-0.2, -0.15) is 0 Å². The topological polar surface area (TPSA) is 19.4 Å². The van der Waals surface area contributed by atoms with Gasteiger partial charge in [-0.1, -0.05) is 94.4 Å². The summed E-state index contributed by atoms with van der Waals surface area (Å²) < 4.78 is 0. The third-order valence-electron chi connectivity index (χ3n) is 8.43. The van der Waals surface area contributed by atoms with Gasteiger partial charge in [-0.25, -0.2) is 0 Å². The molecule has 2 unspecified atom stereocenters. The Hall–Kier alpha value is -2.79. The lowest BCUT2D eigenvalue weighted by Gasteiger charge is -2.37. The summed E-state index contributed by atoms with van der Waals surface area (Å²) in [7, 11) is 0. The minimum atomic E-state index is 0.367. The molecule has 0 spiro atoms. The van der Waals surface area contributed by atoms with E-state index in [2.05, 4.69) is 119 Å². The van der Waals surface area contributed by atoms with Gasteiger partial charge in [0.25, 0.3) is 0 Å². The minimum absolute atomic E-state index is 0.367. The van der Waals surface area contributed by atoms with Crippen LogP contribution in [0.5, 0.6) is 0 Å². The molecular formula is C37H49N3S. The summed E-state index contributed by atoms with van der Waals surface area (Å²) in [5.41, 5.74) is 4.16. The van der Waals surface area contributed by atoms with E-state index in [9.17, 15) is 0 Å². The van der Waals surface area contributed by atoms with Crippen molar-refractivity contribution in [2.75, 3.05) is 26.2 Å². The summed E-state index contributed by atoms with van der Waals surface area (Å²) in [5.74, 6) is 1.75. The van der Waals surface area contributed by atoms with Crippen LogP contribution in [0.2, 0.25) is 0 Å². The minimum Gasteiger partial charge on any atom is -0.292 e.